The van der Waals surface area contributed by atoms with E-state index in [1.807, 2.05) is 13.1 Å². The Morgan fingerprint density at radius 2 is 2.32 bits per heavy atom. The lowest BCUT2D eigenvalue weighted by Gasteiger charge is -2.18. The van der Waals surface area contributed by atoms with Gasteiger partial charge >= 0.3 is 0 Å². The van der Waals surface area contributed by atoms with Gasteiger partial charge in [-0.1, -0.05) is 0 Å². The van der Waals surface area contributed by atoms with Crippen molar-refractivity contribution in [1.82, 2.24) is 20.5 Å². The quantitative estimate of drug-likeness (QED) is 0.750. The molecule has 6 nitrogen and oxygen atoms in total. The molecule has 3 rings (SSSR count). The molecule has 6 heteroatoms. The average molecular weight is 257 g/mol. The monoisotopic (exact) mass is 257 g/mol. The Kier molecular flexibility index (Phi) is 3.00. The number of nitrogens with zero attached hydrogens (tertiary/aromatic N) is 2. The van der Waals surface area contributed by atoms with E-state index in [4.69, 9.17) is 0 Å². The average Bonchev–Trinajstić information content (AvgIpc) is 2.83. The van der Waals surface area contributed by atoms with Crippen molar-refractivity contribution in [2.75, 3.05) is 11.9 Å². The van der Waals surface area contributed by atoms with E-state index in [2.05, 4.69) is 25.8 Å². The maximum absolute atomic E-state index is 12.3. The first-order valence-corrected chi connectivity index (χ1v) is 6.24. The first-order valence-electron chi connectivity index (χ1n) is 6.24. The molecular formula is C13H15N5O. The number of fused-ring (bicyclic) bond motifs is 1. The number of nitrogens with one attached hydrogen (secondary N) is 3. The third-order valence-corrected chi connectivity index (χ3v) is 3.21. The highest BCUT2D eigenvalue weighted by Gasteiger charge is 2.18. The van der Waals surface area contributed by atoms with Crippen molar-refractivity contribution in [3.63, 3.8) is 0 Å². The Bertz CT molecular complexity index is 619. The van der Waals surface area contributed by atoms with Gasteiger partial charge in [0.1, 0.15) is 0 Å². The summed E-state index contributed by atoms with van der Waals surface area (Å²) in [6.07, 6.45) is 4.29. The summed E-state index contributed by atoms with van der Waals surface area (Å²) in [5.74, 6) is 0.381. The lowest BCUT2D eigenvalue weighted by Crippen LogP contribution is -2.27. The Balaban J connectivity index is 1.87. The zero-order valence-corrected chi connectivity index (χ0v) is 10.7. The molecule has 2 aromatic heterocycles. The summed E-state index contributed by atoms with van der Waals surface area (Å²) in [7, 11) is 0. The van der Waals surface area contributed by atoms with Gasteiger partial charge in [-0.25, -0.2) is 0 Å². The molecule has 98 valence electrons. The second-order valence-corrected chi connectivity index (χ2v) is 4.64. The molecule has 0 fully saturated rings. The van der Waals surface area contributed by atoms with Crippen LogP contribution in [0.4, 0.5) is 5.82 Å². The predicted octanol–water partition coefficient (Wildman–Crippen LogP) is 1.01. The minimum Gasteiger partial charge on any atom is -0.312 e. The predicted molar refractivity (Wildman–Crippen MR) is 70.9 cm³/mol. The number of rotatable bonds is 2. The lowest BCUT2D eigenvalue weighted by molar-refractivity contribution is 0.102. The molecule has 0 saturated heterocycles. The number of hydrogen-bond acceptors (Lipinski definition) is 4. The Labute approximate surface area is 110 Å². The maximum atomic E-state index is 12.3. The van der Waals surface area contributed by atoms with Crippen LogP contribution >= 0.6 is 0 Å². The van der Waals surface area contributed by atoms with Crippen molar-refractivity contribution in [3.05, 3.63) is 40.8 Å². The van der Waals surface area contributed by atoms with E-state index in [1.165, 1.54) is 0 Å². The summed E-state index contributed by atoms with van der Waals surface area (Å²) in [5.41, 5.74) is 3.72. The minimum atomic E-state index is -0.155. The van der Waals surface area contributed by atoms with Gasteiger partial charge in [0.25, 0.3) is 5.91 Å². The van der Waals surface area contributed by atoms with Crippen LogP contribution in [0.5, 0.6) is 0 Å². The van der Waals surface area contributed by atoms with Crippen molar-refractivity contribution in [1.29, 1.82) is 0 Å². The van der Waals surface area contributed by atoms with Gasteiger partial charge in [0.2, 0.25) is 0 Å². The van der Waals surface area contributed by atoms with Crippen LogP contribution in [0.3, 0.4) is 0 Å². The number of carbonyl (C=O) groups excluding carboxylic acids is 1. The van der Waals surface area contributed by atoms with Gasteiger partial charge in [-0.2, -0.15) is 5.10 Å². The summed E-state index contributed by atoms with van der Waals surface area (Å²) < 4.78 is 0. The zero-order valence-electron chi connectivity index (χ0n) is 10.7. The zero-order chi connectivity index (χ0) is 13.2. The summed E-state index contributed by atoms with van der Waals surface area (Å²) in [6, 6.07) is 1.79. The lowest BCUT2D eigenvalue weighted by atomic mass is 9.98. The van der Waals surface area contributed by atoms with E-state index in [9.17, 15) is 4.79 Å². The Morgan fingerprint density at radius 1 is 1.42 bits per heavy atom. The molecule has 0 unspecified atom stereocenters. The van der Waals surface area contributed by atoms with E-state index in [-0.39, 0.29) is 5.91 Å². The minimum absolute atomic E-state index is 0.155. The van der Waals surface area contributed by atoms with Crippen LogP contribution in [0.15, 0.2) is 18.5 Å². The molecule has 2 aromatic rings. The number of hydrogen-bond donors (Lipinski definition) is 3. The van der Waals surface area contributed by atoms with Crippen LogP contribution in [0.1, 0.15) is 27.2 Å². The number of pyridine rings is 1. The fourth-order valence-corrected chi connectivity index (χ4v) is 2.28. The molecule has 0 aliphatic carbocycles. The molecule has 1 aliphatic heterocycles. The Morgan fingerprint density at radius 3 is 3.11 bits per heavy atom. The number of aryl methyl sites for hydroxylation is 1. The van der Waals surface area contributed by atoms with Crippen LogP contribution in [-0.2, 0) is 13.0 Å². The highest BCUT2D eigenvalue weighted by atomic mass is 16.1. The van der Waals surface area contributed by atoms with E-state index < -0.39 is 0 Å². The summed E-state index contributed by atoms with van der Waals surface area (Å²) in [5, 5.41) is 12.9. The second kappa shape index (κ2) is 4.81. The van der Waals surface area contributed by atoms with Gasteiger partial charge in [-0.3, -0.25) is 14.9 Å². The van der Waals surface area contributed by atoms with Crippen molar-refractivity contribution in [2.24, 2.45) is 0 Å². The van der Waals surface area contributed by atoms with Crippen LogP contribution in [0, 0.1) is 6.92 Å². The van der Waals surface area contributed by atoms with Crippen LogP contribution in [0.2, 0.25) is 0 Å². The number of carbonyl (C=O) groups is 1. The third-order valence-electron chi connectivity index (χ3n) is 3.21. The number of aromatic nitrogens is 3. The molecule has 1 amide bonds. The summed E-state index contributed by atoms with van der Waals surface area (Å²) in [4.78, 5) is 16.4. The molecule has 0 aromatic carbocycles. The van der Waals surface area contributed by atoms with Crippen LogP contribution < -0.4 is 10.6 Å². The van der Waals surface area contributed by atoms with Crippen molar-refractivity contribution >= 4 is 11.7 Å². The van der Waals surface area contributed by atoms with Gasteiger partial charge in [0.15, 0.2) is 5.82 Å². The molecule has 3 heterocycles. The van der Waals surface area contributed by atoms with Crippen molar-refractivity contribution < 1.29 is 4.79 Å². The van der Waals surface area contributed by atoms with Crippen LogP contribution in [0.25, 0.3) is 0 Å². The topological polar surface area (TPSA) is 82.7 Å². The summed E-state index contributed by atoms with van der Waals surface area (Å²) in [6.45, 7) is 3.55. The number of amides is 1. The highest BCUT2D eigenvalue weighted by Crippen LogP contribution is 2.18. The number of anilines is 1. The van der Waals surface area contributed by atoms with Gasteiger partial charge in [0, 0.05) is 30.7 Å². The van der Waals surface area contributed by atoms with Gasteiger partial charge in [0.05, 0.1) is 5.56 Å². The second-order valence-electron chi connectivity index (χ2n) is 4.64. The molecule has 19 heavy (non-hydrogen) atoms. The van der Waals surface area contributed by atoms with Gasteiger partial charge < -0.3 is 10.6 Å². The van der Waals surface area contributed by atoms with E-state index >= 15 is 0 Å². The number of H-pyrrole nitrogens is 1. The largest absolute Gasteiger partial charge is 0.312 e. The van der Waals surface area contributed by atoms with E-state index in [0.717, 1.165) is 36.3 Å². The van der Waals surface area contributed by atoms with Gasteiger partial charge in [-0.15, -0.1) is 0 Å². The first-order chi connectivity index (χ1) is 9.24. The fourth-order valence-electron chi connectivity index (χ4n) is 2.28. The molecule has 0 atom stereocenters. The van der Waals surface area contributed by atoms with Crippen molar-refractivity contribution in [2.45, 2.75) is 19.9 Å². The van der Waals surface area contributed by atoms with Gasteiger partial charge in [-0.05, 0) is 31.0 Å². The maximum Gasteiger partial charge on any atom is 0.258 e. The molecule has 0 bridgehead atoms. The van der Waals surface area contributed by atoms with E-state index in [0.29, 0.717) is 11.4 Å². The van der Waals surface area contributed by atoms with Crippen LogP contribution in [-0.4, -0.2) is 27.6 Å². The fraction of sp³-hybridized carbons (Fsp3) is 0.308. The smallest absolute Gasteiger partial charge is 0.258 e. The first kappa shape index (κ1) is 11.9. The SMILES string of the molecule is Cc1cc(NC(=O)c2cncc3c2CCNC3)n[nH]1. The van der Waals surface area contributed by atoms with E-state index in [1.54, 1.807) is 12.3 Å². The third kappa shape index (κ3) is 2.34. The molecule has 1 aliphatic rings. The molecular weight excluding hydrogens is 242 g/mol. The normalized spacial score (nSPS) is 13.9. The Hall–Kier alpha value is -2.21. The molecule has 0 radical (unpaired) electrons. The molecule has 3 N–H and O–H groups in total. The highest BCUT2D eigenvalue weighted by molar-refractivity contribution is 6.04. The molecule has 0 saturated carbocycles. The molecule has 0 spiro atoms. The van der Waals surface area contributed by atoms with Crippen molar-refractivity contribution in [3.8, 4) is 0 Å². The standard InChI is InChI=1S/C13H15N5O/c1-8-4-12(18-17-8)16-13(19)11-7-15-6-9-5-14-3-2-10(9)11/h4,6-7,14H,2-3,5H2,1H3,(H2,16,17,18,19). The number of aromatic amines is 1. The summed E-state index contributed by atoms with van der Waals surface area (Å²) >= 11 is 0.